The van der Waals surface area contributed by atoms with E-state index < -0.39 is 0 Å². The van der Waals surface area contributed by atoms with E-state index in [1.165, 1.54) is 5.69 Å². The lowest BCUT2D eigenvalue weighted by molar-refractivity contribution is 0.646. The van der Waals surface area contributed by atoms with Crippen molar-refractivity contribution >= 4 is 34.6 Å². The molecule has 2 heterocycles. The third kappa shape index (κ3) is 4.04. The number of halogens is 1. The molecule has 0 bridgehead atoms. The Morgan fingerprint density at radius 1 is 0.857 bits per heavy atom. The minimum Gasteiger partial charge on any atom is -0.368 e. The first-order valence-corrected chi connectivity index (χ1v) is 9.88. The van der Waals surface area contributed by atoms with Gasteiger partial charge in [0.1, 0.15) is 17.5 Å². The molecule has 0 atom stereocenters. The number of benzene rings is 2. The van der Waals surface area contributed by atoms with E-state index >= 15 is 0 Å². The van der Waals surface area contributed by atoms with Gasteiger partial charge in [-0.15, -0.1) is 0 Å². The van der Waals surface area contributed by atoms with E-state index in [0.29, 0.717) is 0 Å². The van der Waals surface area contributed by atoms with Crippen molar-refractivity contribution in [3.8, 4) is 0 Å². The van der Waals surface area contributed by atoms with Crippen molar-refractivity contribution in [2.24, 2.45) is 0 Å². The summed E-state index contributed by atoms with van der Waals surface area (Å²) in [6.45, 7) is 5.66. The highest BCUT2D eigenvalue weighted by molar-refractivity contribution is 6.30. The Hall–Kier alpha value is -2.79. The summed E-state index contributed by atoms with van der Waals surface area (Å²) in [5, 5.41) is 0.778. The fourth-order valence-electron chi connectivity index (χ4n) is 3.52. The van der Waals surface area contributed by atoms with E-state index in [0.717, 1.165) is 54.3 Å². The highest BCUT2D eigenvalue weighted by Gasteiger charge is 2.20. The highest BCUT2D eigenvalue weighted by atomic mass is 35.5. The van der Waals surface area contributed by atoms with E-state index in [9.17, 15) is 0 Å². The number of para-hydroxylation sites is 1. The lowest BCUT2D eigenvalue weighted by atomic mass is 10.2. The van der Waals surface area contributed by atoms with Gasteiger partial charge in [-0.05, 0) is 37.3 Å². The fraction of sp³-hybridized carbons (Fsp3) is 0.273. The lowest BCUT2D eigenvalue weighted by Crippen LogP contribution is -2.47. The van der Waals surface area contributed by atoms with E-state index in [1.54, 1.807) is 0 Å². The molecule has 2 aromatic carbocycles. The maximum Gasteiger partial charge on any atom is 0.138 e. The zero-order chi connectivity index (χ0) is 19.5. The summed E-state index contributed by atoms with van der Waals surface area (Å²) in [7, 11) is 2.04. The van der Waals surface area contributed by atoms with Crippen molar-refractivity contribution in [2.75, 3.05) is 47.9 Å². The monoisotopic (exact) mass is 393 g/mol. The third-order valence-electron chi connectivity index (χ3n) is 5.08. The molecular formula is C22H24ClN5. The van der Waals surface area contributed by atoms with Crippen LogP contribution in [0, 0.1) is 6.92 Å². The molecule has 0 saturated carbocycles. The Labute approximate surface area is 171 Å². The molecule has 6 heteroatoms. The van der Waals surface area contributed by atoms with Crippen LogP contribution in [0.2, 0.25) is 5.02 Å². The van der Waals surface area contributed by atoms with Gasteiger partial charge in [0.2, 0.25) is 0 Å². The van der Waals surface area contributed by atoms with Crippen LogP contribution in [0.25, 0.3) is 0 Å². The van der Waals surface area contributed by atoms with Gasteiger partial charge in [0.05, 0.1) is 0 Å². The molecule has 5 nitrogen and oxygen atoms in total. The smallest absolute Gasteiger partial charge is 0.138 e. The number of hydrogen-bond donors (Lipinski definition) is 0. The summed E-state index contributed by atoms with van der Waals surface area (Å²) in [6, 6.07) is 20.4. The van der Waals surface area contributed by atoms with Gasteiger partial charge >= 0.3 is 0 Å². The maximum absolute atomic E-state index is 6.14. The van der Waals surface area contributed by atoms with Crippen molar-refractivity contribution < 1.29 is 0 Å². The van der Waals surface area contributed by atoms with Crippen LogP contribution in [0.15, 0.2) is 60.7 Å². The molecule has 1 aliphatic heterocycles. The Bertz CT molecular complexity index is 939. The largest absolute Gasteiger partial charge is 0.368 e. The number of aromatic nitrogens is 2. The number of piperazine rings is 1. The van der Waals surface area contributed by atoms with Crippen molar-refractivity contribution in [3.05, 3.63) is 71.5 Å². The third-order valence-corrected chi connectivity index (χ3v) is 5.31. The van der Waals surface area contributed by atoms with Crippen molar-refractivity contribution in [1.82, 2.24) is 9.97 Å². The Morgan fingerprint density at radius 2 is 1.57 bits per heavy atom. The second kappa shape index (κ2) is 8.07. The van der Waals surface area contributed by atoms with Crippen LogP contribution in [-0.4, -0.2) is 43.2 Å². The van der Waals surface area contributed by atoms with Crippen LogP contribution in [0.4, 0.5) is 23.0 Å². The summed E-state index contributed by atoms with van der Waals surface area (Å²) < 4.78 is 0. The van der Waals surface area contributed by atoms with Crippen LogP contribution < -0.4 is 14.7 Å². The first-order chi connectivity index (χ1) is 13.6. The molecule has 0 unspecified atom stereocenters. The number of anilines is 4. The standard InChI is InChI=1S/C22H24ClN5/c1-17-24-21(26(2)19-8-4-3-5-9-19)16-22(25-17)28-13-11-27(12-14-28)20-10-6-7-18(23)15-20/h3-10,15-16H,11-14H2,1-2H3. The predicted octanol–water partition coefficient (Wildman–Crippen LogP) is 4.53. The van der Waals surface area contributed by atoms with Gasteiger partial charge < -0.3 is 14.7 Å². The van der Waals surface area contributed by atoms with E-state index in [4.69, 9.17) is 16.6 Å². The molecule has 1 aliphatic rings. The van der Waals surface area contributed by atoms with Crippen molar-refractivity contribution in [2.45, 2.75) is 6.92 Å². The average molecular weight is 394 g/mol. The Morgan fingerprint density at radius 3 is 2.29 bits per heavy atom. The van der Waals surface area contributed by atoms with Crippen LogP contribution in [0.5, 0.6) is 0 Å². The minimum absolute atomic E-state index is 0.778. The molecule has 0 amide bonds. The molecule has 4 rings (SSSR count). The van der Waals surface area contributed by atoms with Gasteiger partial charge in [-0.3, -0.25) is 0 Å². The summed E-state index contributed by atoms with van der Waals surface area (Å²) in [6.07, 6.45) is 0. The van der Waals surface area contributed by atoms with E-state index in [1.807, 2.05) is 50.4 Å². The highest BCUT2D eigenvalue weighted by Crippen LogP contribution is 2.26. The van der Waals surface area contributed by atoms with Crippen LogP contribution in [-0.2, 0) is 0 Å². The van der Waals surface area contributed by atoms with E-state index in [-0.39, 0.29) is 0 Å². The molecular weight excluding hydrogens is 370 g/mol. The molecule has 144 valence electrons. The second-order valence-corrected chi connectivity index (χ2v) is 7.42. The summed E-state index contributed by atoms with van der Waals surface area (Å²) in [4.78, 5) is 16.1. The van der Waals surface area contributed by atoms with E-state index in [2.05, 4.69) is 43.9 Å². The molecule has 1 fully saturated rings. The number of rotatable bonds is 4. The first kappa shape index (κ1) is 18.6. The van der Waals surface area contributed by atoms with Crippen LogP contribution in [0.3, 0.4) is 0 Å². The molecule has 0 N–H and O–H groups in total. The lowest BCUT2D eigenvalue weighted by Gasteiger charge is -2.37. The van der Waals surface area contributed by atoms with Gasteiger partial charge in [0.25, 0.3) is 0 Å². The van der Waals surface area contributed by atoms with Gasteiger partial charge in [-0.25, -0.2) is 9.97 Å². The molecule has 28 heavy (non-hydrogen) atoms. The summed E-state index contributed by atoms with van der Waals surface area (Å²) in [5.74, 6) is 2.68. The van der Waals surface area contributed by atoms with Crippen molar-refractivity contribution in [1.29, 1.82) is 0 Å². The molecule has 0 aliphatic carbocycles. The zero-order valence-electron chi connectivity index (χ0n) is 16.2. The number of nitrogens with zero attached hydrogens (tertiary/aromatic N) is 5. The van der Waals surface area contributed by atoms with Gasteiger partial charge in [0, 0.05) is 55.7 Å². The number of hydrogen-bond acceptors (Lipinski definition) is 5. The second-order valence-electron chi connectivity index (χ2n) is 6.98. The predicted molar refractivity (Wildman–Crippen MR) is 117 cm³/mol. The summed E-state index contributed by atoms with van der Waals surface area (Å²) in [5.41, 5.74) is 2.29. The quantitative estimate of drug-likeness (QED) is 0.650. The fourth-order valence-corrected chi connectivity index (χ4v) is 3.71. The minimum atomic E-state index is 0.778. The van der Waals surface area contributed by atoms with Crippen molar-refractivity contribution in [3.63, 3.8) is 0 Å². The van der Waals surface area contributed by atoms with Gasteiger partial charge in [-0.1, -0.05) is 35.9 Å². The average Bonchev–Trinajstić information content (AvgIpc) is 2.73. The molecule has 0 spiro atoms. The SMILES string of the molecule is Cc1nc(N2CCN(c3cccc(Cl)c3)CC2)cc(N(C)c2ccccc2)n1. The van der Waals surface area contributed by atoms with Crippen LogP contribution in [0.1, 0.15) is 5.82 Å². The molecule has 1 aromatic heterocycles. The van der Waals surface area contributed by atoms with Gasteiger partial charge in [-0.2, -0.15) is 0 Å². The normalized spacial score (nSPS) is 14.2. The molecule has 3 aromatic rings. The molecule has 0 radical (unpaired) electrons. The maximum atomic E-state index is 6.14. The van der Waals surface area contributed by atoms with Crippen LogP contribution >= 0.6 is 11.6 Å². The molecule has 1 saturated heterocycles. The summed E-state index contributed by atoms with van der Waals surface area (Å²) >= 11 is 6.14. The Kier molecular flexibility index (Phi) is 5.35. The van der Waals surface area contributed by atoms with Gasteiger partial charge in [0.15, 0.2) is 0 Å². The zero-order valence-corrected chi connectivity index (χ0v) is 17.0. The number of aryl methyl sites for hydroxylation is 1. The first-order valence-electron chi connectivity index (χ1n) is 9.50. The topological polar surface area (TPSA) is 35.5 Å². The Balaban J connectivity index is 1.50.